The molecule has 0 amide bonds. The molecular formula is C25H24ClFN2O4. The van der Waals surface area contributed by atoms with E-state index in [4.69, 9.17) is 21.3 Å². The molecule has 1 N–H and O–H groups in total. The number of halogens is 2. The summed E-state index contributed by atoms with van der Waals surface area (Å²) in [5.41, 5.74) is 2.32. The molecule has 1 atom stereocenters. The lowest BCUT2D eigenvalue weighted by Gasteiger charge is -2.31. The number of aryl methyl sites for hydroxylation is 1. The lowest BCUT2D eigenvalue weighted by atomic mass is 9.86. The van der Waals surface area contributed by atoms with Crippen molar-refractivity contribution in [1.29, 1.82) is 0 Å². The first kappa shape index (κ1) is 22.0. The fraction of sp³-hybridized carbons (Fsp3) is 0.400. The van der Waals surface area contributed by atoms with Crippen LogP contribution in [-0.4, -0.2) is 26.5 Å². The molecule has 0 radical (unpaired) electrons. The minimum Gasteiger partial charge on any atom is -0.458 e. The number of cyclic esters (lactones) is 1. The number of carbonyl (C=O) groups excluding carboxylic acids is 1. The second-order valence-corrected chi connectivity index (χ2v) is 9.15. The topological polar surface area (TPSA) is 81.4 Å². The number of rotatable bonds is 5. The molecule has 0 aliphatic carbocycles. The molecule has 1 aromatic carbocycles. The van der Waals surface area contributed by atoms with Crippen LogP contribution in [0.3, 0.4) is 0 Å². The summed E-state index contributed by atoms with van der Waals surface area (Å²) in [5.74, 6) is -0.524. The number of nitrogens with zero attached hydrogens (tertiary/aromatic N) is 2. The lowest BCUT2D eigenvalue weighted by Crippen LogP contribution is -2.44. The van der Waals surface area contributed by atoms with Crippen molar-refractivity contribution in [2.24, 2.45) is 0 Å². The largest absolute Gasteiger partial charge is 0.458 e. The minimum absolute atomic E-state index is 0.0792. The van der Waals surface area contributed by atoms with Crippen LogP contribution in [0.2, 0.25) is 0 Å². The van der Waals surface area contributed by atoms with Gasteiger partial charge in [0.25, 0.3) is 5.56 Å². The Balaban J connectivity index is 1.71. The van der Waals surface area contributed by atoms with Crippen LogP contribution in [0.25, 0.3) is 22.3 Å². The Hall–Kier alpha value is -2.77. The summed E-state index contributed by atoms with van der Waals surface area (Å²) >= 11 is 5.83. The van der Waals surface area contributed by atoms with Crippen molar-refractivity contribution < 1.29 is 19.0 Å². The highest BCUT2D eigenvalue weighted by Crippen LogP contribution is 2.39. The molecule has 0 bridgehead atoms. The molecule has 172 valence electrons. The van der Waals surface area contributed by atoms with E-state index >= 15 is 0 Å². The van der Waals surface area contributed by atoms with Crippen molar-refractivity contribution in [3.05, 3.63) is 62.2 Å². The summed E-state index contributed by atoms with van der Waals surface area (Å²) in [7, 11) is 0. The lowest BCUT2D eigenvalue weighted by molar-refractivity contribution is -0.172. The molecule has 2 aromatic heterocycles. The number of ether oxygens (including phenoxy) is 1. The number of hydrogen-bond acceptors (Lipinski definition) is 5. The molecule has 8 heteroatoms. The van der Waals surface area contributed by atoms with E-state index in [9.17, 15) is 19.1 Å². The Morgan fingerprint density at radius 1 is 1.27 bits per heavy atom. The Bertz CT molecular complexity index is 1380. The van der Waals surface area contributed by atoms with Gasteiger partial charge in [-0.25, -0.2) is 14.2 Å². The van der Waals surface area contributed by atoms with Gasteiger partial charge in [0.1, 0.15) is 12.4 Å². The molecule has 0 saturated heterocycles. The van der Waals surface area contributed by atoms with Gasteiger partial charge in [0, 0.05) is 28.5 Å². The molecule has 3 aromatic rings. The fourth-order valence-electron chi connectivity index (χ4n) is 4.98. The van der Waals surface area contributed by atoms with Gasteiger partial charge in [-0.15, -0.1) is 11.6 Å². The van der Waals surface area contributed by atoms with Crippen LogP contribution in [0.15, 0.2) is 23.0 Å². The number of aliphatic hydroxyl groups is 1. The summed E-state index contributed by atoms with van der Waals surface area (Å²) < 4.78 is 21.4. The third kappa shape index (κ3) is 3.21. The average molecular weight is 471 g/mol. The van der Waals surface area contributed by atoms with Crippen LogP contribution >= 0.6 is 11.6 Å². The monoisotopic (exact) mass is 470 g/mol. The van der Waals surface area contributed by atoms with Gasteiger partial charge in [-0.05, 0) is 55.9 Å². The quantitative estimate of drug-likeness (QED) is 0.270. The number of pyridine rings is 2. The summed E-state index contributed by atoms with van der Waals surface area (Å²) in [6.07, 6.45) is 2.45. The van der Waals surface area contributed by atoms with Crippen LogP contribution in [0.5, 0.6) is 0 Å². The number of alkyl halides is 1. The van der Waals surface area contributed by atoms with E-state index in [2.05, 4.69) is 0 Å². The Labute approximate surface area is 195 Å². The van der Waals surface area contributed by atoms with Crippen molar-refractivity contribution in [3.8, 4) is 11.4 Å². The summed E-state index contributed by atoms with van der Waals surface area (Å²) in [6, 6.07) is 5.07. The molecule has 5 rings (SSSR count). The number of benzene rings is 1. The van der Waals surface area contributed by atoms with Gasteiger partial charge < -0.3 is 14.4 Å². The second-order valence-electron chi connectivity index (χ2n) is 8.77. The molecule has 2 aliphatic rings. The van der Waals surface area contributed by atoms with E-state index in [0.29, 0.717) is 41.3 Å². The normalized spacial score (nSPS) is 18.8. The highest BCUT2D eigenvalue weighted by atomic mass is 35.5. The van der Waals surface area contributed by atoms with Crippen molar-refractivity contribution in [1.82, 2.24) is 9.55 Å². The van der Waals surface area contributed by atoms with E-state index in [-0.39, 0.29) is 35.5 Å². The van der Waals surface area contributed by atoms with Crippen molar-refractivity contribution in [2.45, 2.75) is 58.3 Å². The van der Waals surface area contributed by atoms with E-state index in [1.807, 2.05) is 6.07 Å². The highest BCUT2D eigenvalue weighted by molar-refractivity contribution is 6.17. The zero-order chi connectivity index (χ0) is 23.5. The first-order chi connectivity index (χ1) is 15.8. The molecule has 2 aliphatic heterocycles. The third-order valence-electron chi connectivity index (χ3n) is 6.95. The van der Waals surface area contributed by atoms with Gasteiger partial charge in [0.05, 0.1) is 29.0 Å². The maximum atomic E-state index is 14.7. The predicted molar refractivity (Wildman–Crippen MR) is 123 cm³/mol. The molecule has 0 saturated carbocycles. The number of hydrogen-bond donors (Lipinski definition) is 1. The fourth-order valence-corrected chi connectivity index (χ4v) is 5.17. The zero-order valence-electron chi connectivity index (χ0n) is 18.5. The van der Waals surface area contributed by atoms with Crippen LogP contribution < -0.4 is 5.56 Å². The second kappa shape index (κ2) is 7.92. The molecule has 0 spiro atoms. The first-order valence-corrected chi connectivity index (χ1v) is 11.7. The van der Waals surface area contributed by atoms with E-state index < -0.39 is 11.6 Å². The maximum absolute atomic E-state index is 14.7. The van der Waals surface area contributed by atoms with Gasteiger partial charge in [-0.2, -0.15) is 0 Å². The van der Waals surface area contributed by atoms with E-state index in [0.717, 1.165) is 29.4 Å². The van der Waals surface area contributed by atoms with Gasteiger partial charge in [-0.1, -0.05) is 6.92 Å². The number of unbranched alkanes of at least 4 members (excludes halogenated alkanes) is 1. The van der Waals surface area contributed by atoms with Gasteiger partial charge >= 0.3 is 5.97 Å². The molecular weight excluding hydrogens is 447 g/mol. The molecule has 6 nitrogen and oxygen atoms in total. The van der Waals surface area contributed by atoms with Crippen LogP contribution in [0.4, 0.5) is 4.39 Å². The number of carbonyl (C=O) groups is 1. The number of fused-ring (bicyclic) bond motifs is 5. The Kier molecular flexibility index (Phi) is 5.29. The number of esters is 1. The Morgan fingerprint density at radius 2 is 2.06 bits per heavy atom. The first-order valence-electron chi connectivity index (χ1n) is 11.1. The SMILES string of the molecule is CC[C@@]1(O)C(=O)OCc2c1cc1n(c2=O)Cc2cc3c(CCCCCl)c(C)c(F)cc3nc2-1. The zero-order valence-corrected chi connectivity index (χ0v) is 19.3. The molecule has 0 unspecified atom stereocenters. The number of aromatic nitrogens is 2. The smallest absolute Gasteiger partial charge is 0.343 e. The van der Waals surface area contributed by atoms with Crippen molar-refractivity contribution >= 4 is 28.5 Å². The van der Waals surface area contributed by atoms with Gasteiger partial charge in [0.15, 0.2) is 5.60 Å². The third-order valence-corrected chi connectivity index (χ3v) is 7.22. The summed E-state index contributed by atoms with van der Waals surface area (Å²) in [6.45, 7) is 3.58. The standard InChI is InChI=1S/C25H24ClFN2O4/c1-3-25(32)18-9-21-22-14(11-29(21)23(30)17(18)12-33-24(25)31)8-16-15(6-4-5-7-26)13(2)19(27)10-20(16)28-22/h8-10,32H,3-7,11-12H2,1-2H3/t25-/m0/s1. The van der Waals surface area contributed by atoms with E-state index in [1.54, 1.807) is 24.5 Å². The minimum atomic E-state index is -1.87. The molecule has 0 fully saturated rings. The Morgan fingerprint density at radius 3 is 2.79 bits per heavy atom. The molecule has 33 heavy (non-hydrogen) atoms. The molecule has 4 heterocycles. The van der Waals surface area contributed by atoms with Gasteiger partial charge in [-0.3, -0.25) is 4.79 Å². The average Bonchev–Trinajstić information content (AvgIpc) is 3.16. The van der Waals surface area contributed by atoms with Crippen LogP contribution in [0, 0.1) is 12.7 Å². The highest BCUT2D eigenvalue weighted by Gasteiger charge is 2.45. The summed E-state index contributed by atoms with van der Waals surface area (Å²) in [5, 5.41) is 11.9. The van der Waals surface area contributed by atoms with Crippen LogP contribution in [0.1, 0.15) is 54.0 Å². The predicted octanol–water partition coefficient (Wildman–Crippen LogP) is 4.09. The maximum Gasteiger partial charge on any atom is 0.343 e. The van der Waals surface area contributed by atoms with Crippen molar-refractivity contribution in [3.63, 3.8) is 0 Å². The van der Waals surface area contributed by atoms with E-state index in [1.165, 1.54) is 6.07 Å². The van der Waals surface area contributed by atoms with Crippen LogP contribution in [-0.2, 0) is 34.7 Å². The van der Waals surface area contributed by atoms with Crippen molar-refractivity contribution in [2.75, 3.05) is 5.88 Å². The summed E-state index contributed by atoms with van der Waals surface area (Å²) in [4.78, 5) is 30.3. The van der Waals surface area contributed by atoms with Gasteiger partial charge in [0.2, 0.25) is 0 Å².